The molecule has 5 heteroatoms. The smallest absolute Gasteiger partial charge is 0.415 e. The van der Waals surface area contributed by atoms with Crippen LogP contribution in [0.4, 0.5) is 14.9 Å². The minimum absolute atomic E-state index is 0.315. The minimum atomic E-state index is -0.471. The number of para-hydroxylation sites is 1. The Balaban J connectivity index is 1.97. The van der Waals surface area contributed by atoms with Crippen LogP contribution in [0.1, 0.15) is 19.8 Å². The van der Waals surface area contributed by atoms with E-state index in [0.29, 0.717) is 18.2 Å². The zero-order chi connectivity index (χ0) is 14.2. The Morgan fingerprint density at radius 2 is 2.05 bits per heavy atom. The van der Waals surface area contributed by atoms with E-state index < -0.39 is 11.6 Å². The highest BCUT2D eigenvalue weighted by atomic mass is 19.1. The van der Waals surface area contributed by atoms with Gasteiger partial charge in [-0.1, -0.05) is 12.1 Å². The summed E-state index contributed by atoms with van der Waals surface area (Å²) >= 11 is 0. The van der Waals surface area contributed by atoms with Crippen molar-refractivity contribution in [1.82, 2.24) is 5.32 Å². The number of hydrogen-bond acceptors (Lipinski definition) is 3. The normalized spacial score (nSPS) is 27.7. The van der Waals surface area contributed by atoms with Gasteiger partial charge < -0.3 is 10.1 Å². The molecule has 0 radical (unpaired) electrons. The van der Waals surface area contributed by atoms with Crippen molar-refractivity contribution in [2.45, 2.75) is 25.3 Å². The molecular weight excluding hydrogens is 259 g/mol. The maximum Gasteiger partial charge on any atom is 0.415 e. The van der Waals surface area contributed by atoms with E-state index in [1.807, 2.05) is 6.92 Å². The molecule has 2 saturated heterocycles. The van der Waals surface area contributed by atoms with Crippen LogP contribution >= 0.6 is 0 Å². The van der Waals surface area contributed by atoms with Crippen molar-refractivity contribution in [2.24, 2.45) is 5.92 Å². The van der Waals surface area contributed by atoms with E-state index in [0.717, 1.165) is 25.9 Å². The van der Waals surface area contributed by atoms with Crippen molar-refractivity contribution in [1.29, 1.82) is 0 Å². The number of anilines is 1. The fraction of sp³-hybridized carbons (Fsp3) is 0.533. The summed E-state index contributed by atoms with van der Waals surface area (Å²) in [4.78, 5) is 13.6. The Morgan fingerprint density at radius 3 is 2.75 bits per heavy atom. The molecule has 1 atom stereocenters. The first-order valence-electron chi connectivity index (χ1n) is 7.05. The molecular formula is C15H19FN2O2. The maximum atomic E-state index is 14.1. The average Bonchev–Trinajstić information content (AvgIpc) is 2.78. The van der Waals surface area contributed by atoms with Crippen LogP contribution in [0, 0.1) is 11.7 Å². The van der Waals surface area contributed by atoms with Crippen molar-refractivity contribution < 1.29 is 13.9 Å². The number of halogens is 1. The molecule has 0 aliphatic carbocycles. The van der Waals surface area contributed by atoms with Crippen LogP contribution in [0.15, 0.2) is 24.3 Å². The highest BCUT2D eigenvalue weighted by Gasteiger charge is 2.50. The molecule has 3 rings (SSSR count). The van der Waals surface area contributed by atoms with Crippen LogP contribution in [0.3, 0.4) is 0 Å². The molecule has 20 heavy (non-hydrogen) atoms. The van der Waals surface area contributed by atoms with Crippen molar-refractivity contribution in [3.05, 3.63) is 30.1 Å². The quantitative estimate of drug-likeness (QED) is 0.904. The van der Waals surface area contributed by atoms with Gasteiger partial charge in [0.05, 0.1) is 11.2 Å². The second kappa shape index (κ2) is 5.05. The molecule has 4 nitrogen and oxygen atoms in total. The third-order valence-electron chi connectivity index (χ3n) is 4.49. The monoisotopic (exact) mass is 278 g/mol. The number of cyclic esters (lactones) is 1. The summed E-state index contributed by atoms with van der Waals surface area (Å²) in [5.41, 5.74) is -0.155. The molecule has 1 aromatic rings. The molecule has 0 aromatic heterocycles. The van der Waals surface area contributed by atoms with Gasteiger partial charge in [0.25, 0.3) is 0 Å². The molecule has 2 aliphatic rings. The number of carbonyl (C=O) groups excluding carboxylic acids is 1. The lowest BCUT2D eigenvalue weighted by Crippen LogP contribution is -2.53. The lowest BCUT2D eigenvalue weighted by Gasteiger charge is -2.41. The number of hydrogen-bond donors (Lipinski definition) is 1. The first kappa shape index (κ1) is 13.4. The van der Waals surface area contributed by atoms with Crippen LogP contribution in [-0.2, 0) is 4.74 Å². The Labute approximate surface area is 117 Å². The van der Waals surface area contributed by atoms with E-state index in [1.165, 1.54) is 11.0 Å². The van der Waals surface area contributed by atoms with Gasteiger partial charge in [-0.2, -0.15) is 0 Å². The molecule has 1 amide bonds. The largest absolute Gasteiger partial charge is 0.447 e. The zero-order valence-corrected chi connectivity index (χ0v) is 11.6. The van der Waals surface area contributed by atoms with E-state index in [-0.39, 0.29) is 5.82 Å². The number of benzene rings is 1. The number of piperidine rings is 1. The van der Waals surface area contributed by atoms with Crippen LogP contribution < -0.4 is 10.2 Å². The van der Waals surface area contributed by atoms with Gasteiger partial charge in [-0.3, -0.25) is 4.90 Å². The van der Waals surface area contributed by atoms with Crippen LogP contribution in [0.25, 0.3) is 0 Å². The molecule has 108 valence electrons. The summed E-state index contributed by atoms with van der Waals surface area (Å²) in [7, 11) is 0. The Morgan fingerprint density at radius 1 is 1.35 bits per heavy atom. The van der Waals surface area contributed by atoms with Gasteiger partial charge in [0.15, 0.2) is 0 Å². The van der Waals surface area contributed by atoms with E-state index in [9.17, 15) is 9.18 Å². The predicted molar refractivity (Wildman–Crippen MR) is 74.2 cm³/mol. The fourth-order valence-electron chi connectivity index (χ4n) is 3.30. The number of nitrogens with zero attached hydrogens (tertiary/aromatic N) is 1. The summed E-state index contributed by atoms with van der Waals surface area (Å²) in [6.45, 7) is 4.18. The van der Waals surface area contributed by atoms with Gasteiger partial charge in [0.2, 0.25) is 0 Å². The lowest BCUT2D eigenvalue weighted by atomic mass is 9.79. The fourth-order valence-corrected chi connectivity index (χ4v) is 3.30. The van der Waals surface area contributed by atoms with Crippen molar-refractivity contribution >= 4 is 11.8 Å². The van der Waals surface area contributed by atoms with Crippen molar-refractivity contribution in [3.8, 4) is 0 Å². The number of rotatable bonds is 2. The average molecular weight is 278 g/mol. The number of carbonyl (C=O) groups is 1. The van der Waals surface area contributed by atoms with Crippen LogP contribution in [0.2, 0.25) is 0 Å². The number of nitrogens with one attached hydrogen (secondary N) is 1. The van der Waals surface area contributed by atoms with E-state index >= 15 is 0 Å². The first-order valence-corrected chi connectivity index (χ1v) is 7.05. The summed E-state index contributed by atoms with van der Waals surface area (Å²) in [6.07, 6.45) is 1.49. The lowest BCUT2D eigenvalue weighted by molar-refractivity contribution is 0.156. The maximum absolute atomic E-state index is 14.1. The van der Waals surface area contributed by atoms with Crippen LogP contribution in [0.5, 0.6) is 0 Å². The predicted octanol–water partition coefficient (Wildman–Crippen LogP) is 2.54. The van der Waals surface area contributed by atoms with E-state index in [4.69, 9.17) is 4.74 Å². The highest BCUT2D eigenvalue weighted by Crippen LogP contribution is 2.40. The summed E-state index contributed by atoms with van der Waals surface area (Å²) in [5, 5.41) is 3.31. The molecule has 0 saturated carbocycles. The second-order valence-corrected chi connectivity index (χ2v) is 5.72. The summed E-state index contributed by atoms with van der Waals surface area (Å²) in [6, 6.07) is 6.39. The molecule has 1 N–H and O–H groups in total. The van der Waals surface area contributed by atoms with Crippen molar-refractivity contribution in [2.75, 3.05) is 24.6 Å². The number of ether oxygens (including phenoxy) is 1. The van der Waals surface area contributed by atoms with Gasteiger partial charge in [-0.15, -0.1) is 0 Å². The summed E-state index contributed by atoms with van der Waals surface area (Å²) in [5.74, 6) is -0.0682. The van der Waals surface area contributed by atoms with Gasteiger partial charge in [-0.25, -0.2) is 9.18 Å². The van der Waals surface area contributed by atoms with Gasteiger partial charge in [0, 0.05) is 0 Å². The highest BCUT2D eigenvalue weighted by molar-refractivity contribution is 5.91. The molecule has 1 aromatic carbocycles. The molecule has 2 heterocycles. The first-order chi connectivity index (χ1) is 9.63. The molecule has 2 fully saturated rings. The SMILES string of the molecule is CC1(C2CCNCC2)COC(=O)N1c1ccccc1F. The zero-order valence-electron chi connectivity index (χ0n) is 11.6. The van der Waals surface area contributed by atoms with Crippen LogP contribution in [-0.4, -0.2) is 31.3 Å². The topological polar surface area (TPSA) is 41.6 Å². The molecule has 0 bridgehead atoms. The Bertz CT molecular complexity index is 516. The van der Waals surface area contributed by atoms with Gasteiger partial charge in [0.1, 0.15) is 12.4 Å². The van der Waals surface area contributed by atoms with Gasteiger partial charge in [-0.05, 0) is 50.9 Å². The Kier molecular flexibility index (Phi) is 3.38. The molecule has 2 aliphatic heterocycles. The standard InChI is InChI=1S/C15H19FN2O2/c1-15(11-6-8-17-9-7-11)10-20-14(19)18(15)13-5-3-2-4-12(13)16/h2-5,11,17H,6-10H2,1H3. The second-order valence-electron chi connectivity index (χ2n) is 5.72. The summed E-state index contributed by atoms with van der Waals surface area (Å²) < 4.78 is 19.3. The molecule has 0 spiro atoms. The van der Waals surface area contributed by atoms with Crippen molar-refractivity contribution in [3.63, 3.8) is 0 Å². The third kappa shape index (κ3) is 2.06. The molecule has 1 unspecified atom stereocenters. The van der Waals surface area contributed by atoms with Gasteiger partial charge >= 0.3 is 6.09 Å². The minimum Gasteiger partial charge on any atom is -0.447 e. The Hall–Kier alpha value is -1.62. The van der Waals surface area contributed by atoms with E-state index in [1.54, 1.807) is 18.2 Å². The van der Waals surface area contributed by atoms with E-state index in [2.05, 4.69) is 5.32 Å². The number of amides is 1. The third-order valence-corrected chi connectivity index (χ3v) is 4.49.